The van der Waals surface area contributed by atoms with Gasteiger partial charge in [-0.15, -0.1) is 0 Å². The van der Waals surface area contributed by atoms with Gasteiger partial charge in [-0.1, -0.05) is 72.3 Å². The highest BCUT2D eigenvalue weighted by Gasteiger charge is 2.23. The van der Waals surface area contributed by atoms with E-state index < -0.39 is 0 Å². The molecule has 9 heteroatoms. The molecule has 4 heterocycles. The van der Waals surface area contributed by atoms with Crippen LogP contribution < -0.4 is 14.7 Å². The summed E-state index contributed by atoms with van der Waals surface area (Å²) < 4.78 is 6.57. The Bertz CT molecular complexity index is 3190. The fourth-order valence-corrected chi connectivity index (χ4v) is 8.07. The Hall–Kier alpha value is -7.65. The first-order valence-corrected chi connectivity index (χ1v) is 19.1. The van der Waals surface area contributed by atoms with Crippen molar-refractivity contribution in [3.63, 3.8) is 0 Å². The minimum Gasteiger partial charge on any atom is -0.345 e. The Morgan fingerprint density at radius 2 is 0.684 bits per heavy atom. The van der Waals surface area contributed by atoms with Gasteiger partial charge in [0.15, 0.2) is 0 Å². The third-order valence-corrected chi connectivity index (χ3v) is 11.1. The van der Waals surface area contributed by atoms with Gasteiger partial charge >= 0.3 is 0 Å². The molecule has 0 aliphatic heterocycles. The predicted molar refractivity (Wildman–Crippen MR) is 234 cm³/mol. The van der Waals surface area contributed by atoms with Crippen LogP contribution in [0.1, 0.15) is 5.56 Å². The van der Waals surface area contributed by atoms with Crippen molar-refractivity contribution in [2.45, 2.75) is 6.92 Å². The molecule has 0 fully saturated rings. The normalized spacial score (nSPS) is 11.8. The van der Waals surface area contributed by atoms with E-state index in [1.807, 2.05) is 12.1 Å². The second-order valence-electron chi connectivity index (χ2n) is 14.6. The molecule has 9 nitrogen and oxygen atoms in total. The maximum absolute atomic E-state index is 5.35. The van der Waals surface area contributed by atoms with Gasteiger partial charge < -0.3 is 14.7 Å². The first-order chi connectivity index (χ1) is 28.0. The molecule has 4 aromatic heterocycles. The zero-order chi connectivity index (χ0) is 38.2. The first-order valence-electron chi connectivity index (χ1n) is 19.1. The summed E-state index contributed by atoms with van der Waals surface area (Å²) >= 11 is 0. The van der Waals surface area contributed by atoms with E-state index in [1.54, 1.807) is 0 Å². The van der Waals surface area contributed by atoms with E-state index in [1.165, 1.54) is 5.56 Å². The van der Waals surface area contributed by atoms with E-state index in [0.717, 1.165) is 90.2 Å². The average molecular weight is 740 g/mol. The van der Waals surface area contributed by atoms with Crippen LogP contribution in [0.3, 0.4) is 0 Å². The molecule has 0 radical (unpaired) electrons. The Morgan fingerprint density at radius 1 is 0.351 bits per heavy atom. The quantitative estimate of drug-likeness (QED) is 0.162. The minimum atomic E-state index is 0.741. The van der Waals surface area contributed by atoms with Gasteiger partial charge in [0.05, 0.1) is 33.1 Å². The highest BCUT2D eigenvalue weighted by Crippen LogP contribution is 2.38. The summed E-state index contributed by atoms with van der Waals surface area (Å²) in [6.07, 6.45) is 0. The highest BCUT2D eigenvalue weighted by atomic mass is 15.3. The number of anilines is 7. The Kier molecular flexibility index (Phi) is 7.30. The maximum atomic E-state index is 5.35. The monoisotopic (exact) mass is 739 g/mol. The van der Waals surface area contributed by atoms with Crippen LogP contribution in [-0.4, -0.2) is 42.2 Å². The van der Waals surface area contributed by atoms with Crippen molar-refractivity contribution in [1.29, 1.82) is 0 Å². The van der Waals surface area contributed by atoms with Crippen molar-refractivity contribution in [1.82, 2.24) is 28.2 Å². The summed E-state index contributed by atoms with van der Waals surface area (Å²) in [4.78, 5) is 22.7. The molecule has 0 saturated carbocycles. The topological polar surface area (TPSA) is 61.6 Å². The predicted octanol–water partition coefficient (Wildman–Crippen LogP) is 11.4. The lowest BCUT2D eigenvalue weighted by Gasteiger charge is -2.25. The van der Waals surface area contributed by atoms with Gasteiger partial charge in [0, 0.05) is 53.9 Å². The lowest BCUT2D eigenvalue weighted by molar-refractivity contribution is 1.01. The SMILES string of the molecule is Cc1ccc(N(c2ccccc2)c2ccc3nc4n5c6cc(N(C)c7ccccc7)ccc6nc5n5c6cc(N(C)c7ccccc7)ccc6nc5n4c3c2)cc1. The van der Waals surface area contributed by atoms with Crippen molar-refractivity contribution < 1.29 is 0 Å². The van der Waals surface area contributed by atoms with Crippen molar-refractivity contribution in [3.05, 3.63) is 175 Å². The molecule has 11 rings (SSSR count). The smallest absolute Gasteiger partial charge is 0.225 e. The molecule has 0 spiro atoms. The molecule has 7 aromatic carbocycles. The zero-order valence-electron chi connectivity index (χ0n) is 31.7. The van der Waals surface area contributed by atoms with E-state index in [0.29, 0.717) is 0 Å². The van der Waals surface area contributed by atoms with Gasteiger partial charge in [0.1, 0.15) is 0 Å². The first kappa shape index (κ1) is 32.8. The summed E-state index contributed by atoms with van der Waals surface area (Å²) in [5.74, 6) is 2.23. The molecule has 0 N–H and O–H groups in total. The molecule has 0 atom stereocenters. The molecule has 0 aliphatic carbocycles. The lowest BCUT2D eigenvalue weighted by Crippen LogP contribution is -2.10. The number of hydrogen-bond acceptors (Lipinski definition) is 6. The number of nitrogens with zero attached hydrogens (tertiary/aromatic N) is 9. The second-order valence-corrected chi connectivity index (χ2v) is 14.6. The summed E-state index contributed by atoms with van der Waals surface area (Å²) in [5.41, 5.74) is 14.1. The van der Waals surface area contributed by atoms with Crippen LogP contribution >= 0.6 is 0 Å². The van der Waals surface area contributed by atoms with Gasteiger partial charge in [0.25, 0.3) is 0 Å². The van der Waals surface area contributed by atoms with E-state index in [-0.39, 0.29) is 0 Å². The summed E-state index contributed by atoms with van der Waals surface area (Å²) in [5, 5.41) is 0. The van der Waals surface area contributed by atoms with Crippen LogP contribution in [0.25, 0.3) is 50.4 Å². The molecular weight excluding hydrogens is 703 g/mol. The van der Waals surface area contributed by atoms with Crippen molar-refractivity contribution >= 4 is 90.2 Å². The molecule has 0 amide bonds. The number of aromatic nitrogens is 6. The van der Waals surface area contributed by atoms with E-state index >= 15 is 0 Å². The number of hydrogen-bond donors (Lipinski definition) is 0. The number of imidazole rings is 3. The van der Waals surface area contributed by atoms with Crippen LogP contribution in [-0.2, 0) is 0 Å². The number of benzene rings is 7. The van der Waals surface area contributed by atoms with Crippen molar-refractivity contribution in [2.75, 3.05) is 28.8 Å². The van der Waals surface area contributed by atoms with E-state index in [4.69, 9.17) is 15.0 Å². The van der Waals surface area contributed by atoms with E-state index in [9.17, 15) is 0 Å². The summed E-state index contributed by atoms with van der Waals surface area (Å²) in [6, 6.07) is 59.4. The lowest BCUT2D eigenvalue weighted by atomic mass is 10.1. The minimum absolute atomic E-state index is 0.741. The molecule has 11 aromatic rings. The zero-order valence-corrected chi connectivity index (χ0v) is 31.7. The number of rotatable bonds is 7. The Labute approximate surface area is 328 Å². The molecule has 274 valence electrons. The third-order valence-electron chi connectivity index (χ3n) is 11.1. The average Bonchev–Trinajstić information content (AvgIpc) is 3.95. The van der Waals surface area contributed by atoms with Crippen LogP contribution in [0.4, 0.5) is 39.8 Å². The van der Waals surface area contributed by atoms with Gasteiger partial charge in [-0.05, 0) is 110 Å². The van der Waals surface area contributed by atoms with Gasteiger partial charge in [0.2, 0.25) is 17.3 Å². The van der Waals surface area contributed by atoms with Gasteiger partial charge in [-0.25, -0.2) is 28.2 Å². The largest absolute Gasteiger partial charge is 0.345 e. The highest BCUT2D eigenvalue weighted by molar-refractivity contribution is 5.95. The maximum Gasteiger partial charge on any atom is 0.225 e. The Balaban J connectivity index is 1.22. The standard InChI is InChI=1S/C48H37N9/c1-32-19-21-36(22-20-32)54(35-17-11-6-12-18-35)39-25-28-42-45(31-39)57-47-50-41-27-24-38(53(3)34-15-9-5-10-16-34)30-44(41)55(47)46-49-40-26-23-37(29-43(40)56(46)48(57)51-42)52(2)33-13-7-4-8-14-33/h4-31H,1-3H3. The molecule has 0 bridgehead atoms. The van der Waals surface area contributed by atoms with Crippen LogP contribution in [0.15, 0.2) is 170 Å². The second kappa shape index (κ2) is 12.7. The van der Waals surface area contributed by atoms with Crippen molar-refractivity contribution in [2.24, 2.45) is 0 Å². The number of para-hydroxylation sites is 3. The summed E-state index contributed by atoms with van der Waals surface area (Å²) in [7, 11) is 4.19. The van der Waals surface area contributed by atoms with E-state index in [2.05, 4.69) is 207 Å². The van der Waals surface area contributed by atoms with Gasteiger partial charge in [-0.3, -0.25) is 0 Å². The number of fused-ring (bicyclic) bond motifs is 12. The summed E-state index contributed by atoms with van der Waals surface area (Å²) in [6.45, 7) is 2.12. The molecular formula is C48H37N9. The third kappa shape index (κ3) is 5.20. The molecule has 0 saturated heterocycles. The van der Waals surface area contributed by atoms with Crippen LogP contribution in [0.5, 0.6) is 0 Å². The van der Waals surface area contributed by atoms with Gasteiger partial charge in [-0.2, -0.15) is 0 Å². The fraction of sp³-hybridized carbons (Fsp3) is 0.0625. The Morgan fingerprint density at radius 3 is 1.11 bits per heavy atom. The fourth-order valence-electron chi connectivity index (χ4n) is 8.07. The molecule has 0 unspecified atom stereocenters. The van der Waals surface area contributed by atoms with Crippen LogP contribution in [0.2, 0.25) is 0 Å². The number of aryl methyl sites for hydroxylation is 1. The van der Waals surface area contributed by atoms with Crippen molar-refractivity contribution in [3.8, 4) is 0 Å². The molecule has 57 heavy (non-hydrogen) atoms. The molecule has 0 aliphatic rings. The van der Waals surface area contributed by atoms with Crippen LogP contribution in [0, 0.1) is 6.92 Å².